The monoisotopic (exact) mass is 232 g/mol. The van der Waals surface area contributed by atoms with Crippen molar-refractivity contribution < 1.29 is 0 Å². The van der Waals surface area contributed by atoms with E-state index < -0.39 is 0 Å². The number of hydrazine groups is 1. The molecule has 0 aliphatic carbocycles. The summed E-state index contributed by atoms with van der Waals surface area (Å²) < 4.78 is 0. The van der Waals surface area contributed by atoms with E-state index in [-0.39, 0.29) is 6.04 Å². The Labute approximate surface area is 100 Å². The maximum atomic E-state index is 5.96. The van der Waals surface area contributed by atoms with E-state index in [1.807, 2.05) is 54.6 Å². The van der Waals surface area contributed by atoms with Crippen molar-refractivity contribution in [1.82, 2.24) is 5.43 Å². The smallest absolute Gasteiger partial charge is 0.0710 e. The van der Waals surface area contributed by atoms with E-state index >= 15 is 0 Å². The van der Waals surface area contributed by atoms with Gasteiger partial charge in [0.15, 0.2) is 0 Å². The fourth-order valence-electron chi connectivity index (χ4n) is 1.72. The predicted molar refractivity (Wildman–Crippen MR) is 67.1 cm³/mol. The van der Waals surface area contributed by atoms with Crippen LogP contribution in [-0.4, -0.2) is 0 Å². The highest BCUT2D eigenvalue weighted by Gasteiger charge is 2.11. The molecule has 3 heteroatoms. The number of nitrogens with one attached hydrogen (secondary N) is 1. The van der Waals surface area contributed by atoms with Gasteiger partial charge < -0.3 is 0 Å². The highest BCUT2D eigenvalue weighted by molar-refractivity contribution is 6.30. The van der Waals surface area contributed by atoms with Crippen LogP contribution in [0.5, 0.6) is 0 Å². The molecule has 3 N–H and O–H groups in total. The first-order valence-electron chi connectivity index (χ1n) is 5.08. The quantitative estimate of drug-likeness (QED) is 0.631. The fourth-order valence-corrected chi connectivity index (χ4v) is 1.92. The Morgan fingerprint density at radius 2 is 1.62 bits per heavy atom. The van der Waals surface area contributed by atoms with Crippen LogP contribution in [0, 0.1) is 0 Å². The minimum absolute atomic E-state index is 0.0279. The zero-order chi connectivity index (χ0) is 11.4. The summed E-state index contributed by atoms with van der Waals surface area (Å²) in [6, 6.07) is 17.7. The van der Waals surface area contributed by atoms with Crippen molar-refractivity contribution in [1.29, 1.82) is 0 Å². The van der Waals surface area contributed by atoms with Crippen molar-refractivity contribution in [3.8, 4) is 0 Å². The Bertz CT molecular complexity index is 456. The van der Waals surface area contributed by atoms with Gasteiger partial charge in [0, 0.05) is 5.02 Å². The summed E-state index contributed by atoms with van der Waals surface area (Å²) in [5.74, 6) is 5.59. The van der Waals surface area contributed by atoms with Gasteiger partial charge in [-0.25, -0.2) is 5.43 Å². The minimum atomic E-state index is -0.0279. The number of rotatable bonds is 3. The molecular weight excluding hydrogens is 220 g/mol. The summed E-state index contributed by atoms with van der Waals surface area (Å²) in [5.41, 5.74) is 4.98. The lowest BCUT2D eigenvalue weighted by atomic mass is 9.99. The molecule has 0 heterocycles. The van der Waals surface area contributed by atoms with Crippen molar-refractivity contribution in [2.45, 2.75) is 6.04 Å². The second-order valence-electron chi connectivity index (χ2n) is 3.57. The van der Waals surface area contributed by atoms with Gasteiger partial charge in [0.1, 0.15) is 0 Å². The molecule has 0 aliphatic rings. The van der Waals surface area contributed by atoms with E-state index in [0.717, 1.165) is 11.1 Å². The molecule has 2 rings (SSSR count). The Balaban J connectivity index is 2.37. The van der Waals surface area contributed by atoms with Crippen molar-refractivity contribution in [3.63, 3.8) is 0 Å². The van der Waals surface area contributed by atoms with Gasteiger partial charge in [-0.3, -0.25) is 5.84 Å². The molecule has 0 fully saturated rings. The lowest BCUT2D eigenvalue weighted by Gasteiger charge is -2.16. The van der Waals surface area contributed by atoms with Crippen LogP contribution in [0.2, 0.25) is 5.02 Å². The summed E-state index contributed by atoms with van der Waals surface area (Å²) in [6.45, 7) is 0. The Kier molecular flexibility index (Phi) is 3.57. The average Bonchev–Trinajstić information content (AvgIpc) is 2.31. The molecule has 16 heavy (non-hydrogen) atoms. The molecule has 1 atom stereocenters. The molecule has 2 aromatic rings. The van der Waals surface area contributed by atoms with Crippen molar-refractivity contribution in [2.24, 2.45) is 5.84 Å². The molecule has 0 radical (unpaired) electrons. The van der Waals surface area contributed by atoms with Gasteiger partial charge in [0.05, 0.1) is 6.04 Å². The molecule has 82 valence electrons. The zero-order valence-electron chi connectivity index (χ0n) is 8.73. The number of benzene rings is 2. The Morgan fingerprint density at radius 1 is 0.938 bits per heavy atom. The molecule has 0 aromatic heterocycles. The summed E-state index contributed by atoms with van der Waals surface area (Å²) in [5, 5.41) is 0.716. The van der Waals surface area contributed by atoms with Gasteiger partial charge in [-0.05, 0) is 23.3 Å². The lowest BCUT2D eigenvalue weighted by molar-refractivity contribution is 0.637. The summed E-state index contributed by atoms with van der Waals surface area (Å²) in [7, 11) is 0. The van der Waals surface area contributed by atoms with E-state index in [1.165, 1.54) is 0 Å². The summed E-state index contributed by atoms with van der Waals surface area (Å²) >= 11 is 5.96. The average molecular weight is 233 g/mol. The maximum Gasteiger partial charge on any atom is 0.0710 e. The molecular formula is C13H13ClN2. The van der Waals surface area contributed by atoms with Gasteiger partial charge in [0.25, 0.3) is 0 Å². The zero-order valence-corrected chi connectivity index (χ0v) is 9.48. The summed E-state index contributed by atoms with van der Waals surface area (Å²) in [4.78, 5) is 0. The first-order chi connectivity index (χ1) is 7.81. The topological polar surface area (TPSA) is 38.0 Å². The SMILES string of the molecule is NN[C@@H](c1ccccc1)c1cccc(Cl)c1. The third-order valence-electron chi connectivity index (χ3n) is 2.48. The number of hydrogen-bond acceptors (Lipinski definition) is 2. The van der Waals surface area contributed by atoms with E-state index in [4.69, 9.17) is 17.4 Å². The first kappa shape index (κ1) is 11.1. The molecule has 0 saturated carbocycles. The van der Waals surface area contributed by atoms with Gasteiger partial charge in [-0.15, -0.1) is 0 Å². The maximum absolute atomic E-state index is 5.96. The van der Waals surface area contributed by atoms with Crippen LogP contribution in [0.3, 0.4) is 0 Å². The molecule has 2 nitrogen and oxygen atoms in total. The van der Waals surface area contributed by atoms with Crippen LogP contribution < -0.4 is 11.3 Å². The van der Waals surface area contributed by atoms with E-state index in [9.17, 15) is 0 Å². The van der Waals surface area contributed by atoms with Crippen LogP contribution in [0.25, 0.3) is 0 Å². The standard InChI is InChI=1S/C13H13ClN2/c14-12-8-4-7-11(9-12)13(16-15)10-5-2-1-3-6-10/h1-9,13,16H,15H2/t13-/m0/s1. The van der Waals surface area contributed by atoms with Crippen LogP contribution in [0.1, 0.15) is 17.2 Å². The van der Waals surface area contributed by atoms with E-state index in [2.05, 4.69) is 5.43 Å². The summed E-state index contributed by atoms with van der Waals surface area (Å²) in [6.07, 6.45) is 0. The number of halogens is 1. The largest absolute Gasteiger partial charge is 0.271 e. The van der Waals surface area contributed by atoms with Crippen LogP contribution in [0.15, 0.2) is 54.6 Å². The predicted octanol–water partition coefficient (Wildman–Crippen LogP) is 2.89. The Morgan fingerprint density at radius 3 is 2.25 bits per heavy atom. The molecule has 0 amide bonds. The van der Waals surface area contributed by atoms with Crippen molar-refractivity contribution in [3.05, 3.63) is 70.7 Å². The number of hydrogen-bond donors (Lipinski definition) is 2. The Hall–Kier alpha value is -1.35. The van der Waals surface area contributed by atoms with Crippen LogP contribution in [0.4, 0.5) is 0 Å². The third kappa shape index (κ3) is 2.42. The van der Waals surface area contributed by atoms with Crippen LogP contribution in [-0.2, 0) is 0 Å². The fraction of sp³-hybridized carbons (Fsp3) is 0.0769. The second kappa shape index (κ2) is 5.12. The van der Waals surface area contributed by atoms with Gasteiger partial charge in [-0.2, -0.15) is 0 Å². The van der Waals surface area contributed by atoms with Gasteiger partial charge in [0.2, 0.25) is 0 Å². The van der Waals surface area contributed by atoms with Crippen molar-refractivity contribution in [2.75, 3.05) is 0 Å². The highest BCUT2D eigenvalue weighted by Crippen LogP contribution is 2.23. The lowest BCUT2D eigenvalue weighted by Crippen LogP contribution is -2.28. The van der Waals surface area contributed by atoms with Gasteiger partial charge in [-0.1, -0.05) is 54.1 Å². The molecule has 0 unspecified atom stereocenters. The third-order valence-corrected chi connectivity index (χ3v) is 2.72. The molecule has 0 spiro atoms. The highest BCUT2D eigenvalue weighted by atomic mass is 35.5. The van der Waals surface area contributed by atoms with Crippen molar-refractivity contribution >= 4 is 11.6 Å². The van der Waals surface area contributed by atoms with Crippen LogP contribution >= 0.6 is 11.6 Å². The second-order valence-corrected chi connectivity index (χ2v) is 4.00. The van der Waals surface area contributed by atoms with E-state index in [1.54, 1.807) is 0 Å². The number of nitrogens with two attached hydrogens (primary N) is 1. The molecule has 0 saturated heterocycles. The molecule has 0 bridgehead atoms. The first-order valence-corrected chi connectivity index (χ1v) is 5.45. The van der Waals surface area contributed by atoms with E-state index in [0.29, 0.717) is 5.02 Å². The minimum Gasteiger partial charge on any atom is -0.271 e. The molecule has 2 aromatic carbocycles. The molecule has 0 aliphatic heterocycles. The van der Waals surface area contributed by atoms with Gasteiger partial charge >= 0.3 is 0 Å². The normalized spacial score (nSPS) is 12.4.